The van der Waals surface area contributed by atoms with Crippen LogP contribution in [0.25, 0.3) is 0 Å². The minimum absolute atomic E-state index is 0.0821. The van der Waals surface area contributed by atoms with E-state index in [1.165, 1.54) is 6.07 Å². The summed E-state index contributed by atoms with van der Waals surface area (Å²) < 4.78 is 38.6. The van der Waals surface area contributed by atoms with Gasteiger partial charge in [-0.1, -0.05) is 0 Å². The quantitative estimate of drug-likeness (QED) is 0.494. The number of carbonyl (C=O) groups is 1. The van der Waals surface area contributed by atoms with Crippen LogP contribution in [0, 0.1) is 10.1 Å². The molecule has 0 aliphatic rings. The Balaban J connectivity index is 2.33. The SMILES string of the molecule is O=Cc1cc(Cn2cc([N+](=O)[O-])c(C(F)(F)F)n2)cs1. The number of aromatic nitrogens is 2. The Morgan fingerprint density at radius 3 is 2.65 bits per heavy atom. The second kappa shape index (κ2) is 5.04. The number of alkyl halides is 3. The molecule has 0 saturated heterocycles. The summed E-state index contributed by atoms with van der Waals surface area (Å²) in [5.41, 5.74) is -2.08. The maximum atomic E-state index is 12.6. The van der Waals surface area contributed by atoms with Gasteiger partial charge in [-0.25, -0.2) is 0 Å². The Labute approximate surface area is 113 Å². The lowest BCUT2D eigenvalue weighted by Crippen LogP contribution is -2.10. The van der Waals surface area contributed by atoms with Crippen LogP contribution < -0.4 is 0 Å². The fourth-order valence-corrected chi connectivity index (χ4v) is 2.26. The molecule has 0 atom stereocenters. The summed E-state index contributed by atoms with van der Waals surface area (Å²) in [5.74, 6) is 0. The van der Waals surface area contributed by atoms with Crippen LogP contribution in [0.4, 0.5) is 18.9 Å². The highest BCUT2D eigenvalue weighted by Gasteiger charge is 2.42. The van der Waals surface area contributed by atoms with Crippen molar-refractivity contribution in [3.05, 3.63) is 43.9 Å². The molecule has 0 saturated carbocycles. The van der Waals surface area contributed by atoms with Crippen LogP contribution in [0.2, 0.25) is 0 Å². The standard InChI is InChI=1S/C10H6F3N3O3S/c11-10(12,13)9-8(16(18)19)3-15(14-9)2-6-1-7(4-17)20-5-6/h1,3-5H,2H2. The second-order valence-corrected chi connectivity index (χ2v) is 4.73. The molecule has 0 spiro atoms. The van der Waals surface area contributed by atoms with Gasteiger partial charge in [-0.15, -0.1) is 11.3 Å². The third-order valence-corrected chi connectivity index (χ3v) is 3.25. The van der Waals surface area contributed by atoms with Crippen molar-refractivity contribution in [1.29, 1.82) is 0 Å². The molecule has 0 unspecified atom stereocenters. The van der Waals surface area contributed by atoms with Gasteiger partial charge in [-0.3, -0.25) is 19.6 Å². The average molecular weight is 305 g/mol. The van der Waals surface area contributed by atoms with Gasteiger partial charge < -0.3 is 0 Å². The van der Waals surface area contributed by atoms with Gasteiger partial charge in [-0.2, -0.15) is 18.3 Å². The van der Waals surface area contributed by atoms with Crippen molar-refractivity contribution in [3.63, 3.8) is 0 Å². The third kappa shape index (κ3) is 2.85. The van der Waals surface area contributed by atoms with E-state index in [1.54, 1.807) is 5.38 Å². The molecular formula is C10H6F3N3O3S. The van der Waals surface area contributed by atoms with Crippen LogP contribution in [-0.2, 0) is 12.7 Å². The number of thiophene rings is 1. The van der Waals surface area contributed by atoms with Crippen LogP contribution in [0.1, 0.15) is 20.9 Å². The Morgan fingerprint density at radius 1 is 1.50 bits per heavy atom. The average Bonchev–Trinajstić information content (AvgIpc) is 2.95. The van der Waals surface area contributed by atoms with E-state index in [4.69, 9.17) is 0 Å². The van der Waals surface area contributed by atoms with Gasteiger partial charge >= 0.3 is 11.9 Å². The third-order valence-electron chi connectivity index (χ3n) is 2.34. The van der Waals surface area contributed by atoms with Crippen molar-refractivity contribution in [2.45, 2.75) is 12.7 Å². The van der Waals surface area contributed by atoms with E-state index in [9.17, 15) is 28.1 Å². The molecule has 2 aromatic heterocycles. The molecule has 2 aromatic rings. The normalized spacial score (nSPS) is 11.6. The van der Waals surface area contributed by atoms with Crippen molar-refractivity contribution < 1.29 is 22.9 Å². The van der Waals surface area contributed by atoms with Crippen molar-refractivity contribution in [1.82, 2.24) is 9.78 Å². The highest BCUT2D eigenvalue weighted by molar-refractivity contribution is 7.11. The van der Waals surface area contributed by atoms with Crippen LogP contribution >= 0.6 is 11.3 Å². The minimum atomic E-state index is -4.89. The summed E-state index contributed by atoms with van der Waals surface area (Å²) in [6, 6.07) is 1.48. The van der Waals surface area contributed by atoms with Crippen molar-refractivity contribution >= 4 is 23.3 Å². The predicted octanol–water partition coefficient (Wildman–Crippen LogP) is 2.73. The first-order valence-electron chi connectivity index (χ1n) is 5.13. The van der Waals surface area contributed by atoms with Gasteiger partial charge in [0, 0.05) is 0 Å². The molecule has 6 nitrogen and oxygen atoms in total. The van der Waals surface area contributed by atoms with Crippen LogP contribution in [0.3, 0.4) is 0 Å². The molecular weight excluding hydrogens is 299 g/mol. The van der Waals surface area contributed by atoms with Crippen molar-refractivity contribution in [3.8, 4) is 0 Å². The molecule has 20 heavy (non-hydrogen) atoms. The molecule has 0 bridgehead atoms. The smallest absolute Gasteiger partial charge is 0.297 e. The summed E-state index contributed by atoms with van der Waals surface area (Å²) in [7, 11) is 0. The van der Waals surface area contributed by atoms with Gasteiger partial charge in [0.1, 0.15) is 6.20 Å². The largest absolute Gasteiger partial charge is 0.442 e. The molecule has 0 aliphatic carbocycles. The Kier molecular flexibility index (Phi) is 3.57. The number of halogens is 3. The minimum Gasteiger partial charge on any atom is -0.297 e. The molecule has 0 radical (unpaired) electrons. The lowest BCUT2D eigenvalue weighted by molar-refractivity contribution is -0.388. The van der Waals surface area contributed by atoms with Crippen molar-refractivity contribution in [2.75, 3.05) is 0 Å². The number of nitrogens with zero attached hydrogens (tertiary/aromatic N) is 3. The first kappa shape index (κ1) is 14.2. The molecule has 0 amide bonds. The molecule has 106 valence electrons. The van der Waals surface area contributed by atoms with E-state index in [-0.39, 0.29) is 6.54 Å². The fraction of sp³-hybridized carbons (Fsp3) is 0.200. The summed E-state index contributed by atoms with van der Waals surface area (Å²) >= 11 is 1.13. The molecule has 0 N–H and O–H groups in total. The zero-order valence-electron chi connectivity index (χ0n) is 9.63. The first-order chi connectivity index (χ1) is 9.31. The van der Waals surface area contributed by atoms with Crippen LogP contribution in [0.15, 0.2) is 17.6 Å². The molecule has 2 heterocycles. The summed E-state index contributed by atoms with van der Waals surface area (Å²) in [6.45, 7) is -0.0821. The van der Waals surface area contributed by atoms with Gasteiger partial charge in [0.15, 0.2) is 6.29 Å². The lowest BCUT2D eigenvalue weighted by Gasteiger charge is -2.01. The highest BCUT2D eigenvalue weighted by atomic mass is 32.1. The van der Waals surface area contributed by atoms with Crippen LogP contribution in [0.5, 0.6) is 0 Å². The maximum absolute atomic E-state index is 12.6. The van der Waals surface area contributed by atoms with E-state index in [2.05, 4.69) is 5.10 Å². The number of carbonyl (C=O) groups excluding carboxylic acids is 1. The molecule has 0 fully saturated rings. The van der Waals surface area contributed by atoms with E-state index in [0.717, 1.165) is 22.2 Å². The Hall–Kier alpha value is -2.23. The zero-order valence-corrected chi connectivity index (χ0v) is 10.4. The topological polar surface area (TPSA) is 78.0 Å². The van der Waals surface area contributed by atoms with E-state index >= 15 is 0 Å². The Morgan fingerprint density at radius 2 is 2.20 bits per heavy atom. The molecule has 0 aliphatic heterocycles. The summed E-state index contributed by atoms with van der Waals surface area (Å²) in [6.07, 6.45) is -3.56. The molecule has 0 aromatic carbocycles. The van der Waals surface area contributed by atoms with Crippen molar-refractivity contribution in [2.24, 2.45) is 0 Å². The monoisotopic (exact) mass is 305 g/mol. The first-order valence-corrected chi connectivity index (χ1v) is 6.01. The van der Waals surface area contributed by atoms with E-state index in [0.29, 0.717) is 16.7 Å². The van der Waals surface area contributed by atoms with Crippen LogP contribution in [-0.4, -0.2) is 21.0 Å². The predicted molar refractivity (Wildman–Crippen MR) is 62.7 cm³/mol. The van der Waals surface area contributed by atoms with Gasteiger partial charge in [0.25, 0.3) is 0 Å². The molecule has 2 rings (SSSR count). The van der Waals surface area contributed by atoms with E-state index in [1.807, 2.05) is 0 Å². The fourth-order valence-electron chi connectivity index (χ4n) is 1.55. The highest BCUT2D eigenvalue weighted by Crippen LogP contribution is 2.34. The summed E-state index contributed by atoms with van der Waals surface area (Å²) in [4.78, 5) is 20.4. The maximum Gasteiger partial charge on any atom is 0.442 e. The van der Waals surface area contributed by atoms with Gasteiger partial charge in [0.05, 0.1) is 16.3 Å². The lowest BCUT2D eigenvalue weighted by atomic mass is 10.3. The number of aldehydes is 1. The van der Waals surface area contributed by atoms with E-state index < -0.39 is 22.5 Å². The Bertz CT molecular complexity index is 662. The molecule has 10 heteroatoms. The van der Waals surface area contributed by atoms with Gasteiger partial charge in [0.2, 0.25) is 5.69 Å². The number of nitro groups is 1. The number of hydrogen-bond donors (Lipinski definition) is 0. The summed E-state index contributed by atoms with van der Waals surface area (Å²) in [5, 5.41) is 15.4. The van der Waals surface area contributed by atoms with Gasteiger partial charge in [-0.05, 0) is 17.0 Å². The zero-order chi connectivity index (χ0) is 14.9. The number of rotatable bonds is 4. The number of hydrogen-bond acceptors (Lipinski definition) is 5. The second-order valence-electron chi connectivity index (χ2n) is 3.79.